The Morgan fingerprint density at radius 3 is 2.35 bits per heavy atom. The van der Waals surface area contributed by atoms with Gasteiger partial charge in [0, 0.05) is 6.54 Å². The van der Waals surface area contributed by atoms with E-state index in [1.54, 1.807) is 0 Å². The molecule has 0 aliphatic heterocycles. The molecule has 0 spiro atoms. The maximum Gasteiger partial charge on any atom is 0.372 e. The van der Waals surface area contributed by atoms with Gasteiger partial charge in [-0.3, -0.25) is 10.1 Å². The van der Waals surface area contributed by atoms with Crippen LogP contribution in [0.25, 0.3) is 0 Å². The van der Waals surface area contributed by atoms with Gasteiger partial charge in [-0.15, -0.1) is 0 Å². The Morgan fingerprint density at radius 1 is 1.22 bits per heavy atom. The van der Waals surface area contributed by atoms with E-state index in [4.69, 9.17) is 14.6 Å². The maximum atomic E-state index is 11.1. The van der Waals surface area contributed by atoms with Crippen LogP contribution in [0.5, 0.6) is 11.9 Å². The largest absolute Gasteiger partial charge is 0.476 e. The van der Waals surface area contributed by atoms with Gasteiger partial charge < -0.3 is 35.2 Å². The number of methoxy groups -OCH3 is 2. The minimum atomic E-state index is -1.66. The number of ether oxygens (including phenoxy) is 2. The molecule has 1 heterocycles. The van der Waals surface area contributed by atoms with Crippen molar-refractivity contribution in [2.45, 2.75) is 18.3 Å². The Labute approximate surface area is 130 Å². The van der Waals surface area contributed by atoms with Crippen LogP contribution in [0, 0.1) is 10.1 Å². The molecule has 0 bridgehead atoms. The lowest BCUT2D eigenvalue weighted by Gasteiger charge is -2.21. The first-order valence-electron chi connectivity index (χ1n) is 6.39. The molecular weight excluding hydrogens is 316 g/mol. The molecule has 130 valence electrons. The molecule has 3 atom stereocenters. The van der Waals surface area contributed by atoms with E-state index in [0.29, 0.717) is 0 Å². The summed E-state index contributed by atoms with van der Waals surface area (Å²) in [5.41, 5.74) is -0.585. The van der Waals surface area contributed by atoms with Gasteiger partial charge in [0.2, 0.25) is 5.82 Å². The number of rotatable bonds is 9. The zero-order valence-electron chi connectivity index (χ0n) is 12.4. The minimum absolute atomic E-state index is 0.208. The molecule has 0 saturated carbocycles. The van der Waals surface area contributed by atoms with Gasteiger partial charge in [0.15, 0.2) is 0 Å². The van der Waals surface area contributed by atoms with Crippen molar-refractivity contribution in [3.63, 3.8) is 0 Å². The van der Waals surface area contributed by atoms with Crippen molar-refractivity contribution in [1.29, 1.82) is 0 Å². The highest BCUT2D eigenvalue weighted by atomic mass is 16.6. The van der Waals surface area contributed by atoms with Crippen molar-refractivity contribution < 1.29 is 34.8 Å². The lowest BCUT2D eigenvalue weighted by atomic mass is 10.1. The lowest BCUT2D eigenvalue weighted by molar-refractivity contribution is -0.385. The van der Waals surface area contributed by atoms with Crippen LogP contribution >= 0.6 is 0 Å². The molecule has 0 saturated heterocycles. The second kappa shape index (κ2) is 8.38. The number of aliphatic hydroxyl groups is 4. The van der Waals surface area contributed by atoms with Gasteiger partial charge in [0.05, 0.1) is 31.9 Å². The molecule has 12 heteroatoms. The van der Waals surface area contributed by atoms with Crippen molar-refractivity contribution in [3.8, 4) is 11.9 Å². The summed E-state index contributed by atoms with van der Waals surface area (Å²) in [6.45, 7) is -1.16. The van der Waals surface area contributed by atoms with Crippen molar-refractivity contribution in [1.82, 2.24) is 9.97 Å². The summed E-state index contributed by atoms with van der Waals surface area (Å²) in [5.74, 6) is -0.654. The number of nitrogens with zero attached hydrogens (tertiary/aromatic N) is 3. The van der Waals surface area contributed by atoms with E-state index in [1.807, 2.05) is 0 Å². The molecule has 1 rings (SSSR count). The van der Waals surface area contributed by atoms with Gasteiger partial charge in [-0.2, -0.15) is 9.97 Å². The summed E-state index contributed by atoms with van der Waals surface area (Å²) in [6, 6.07) is -0.208. The first kappa shape index (κ1) is 18.8. The fraction of sp³-hybridized carbons (Fsp3) is 0.636. The van der Waals surface area contributed by atoms with Crippen molar-refractivity contribution in [3.05, 3.63) is 10.1 Å². The Kier molecular flexibility index (Phi) is 6.84. The van der Waals surface area contributed by atoms with Crippen LogP contribution in [-0.2, 0) is 0 Å². The van der Waals surface area contributed by atoms with Crippen LogP contribution in [0.1, 0.15) is 0 Å². The monoisotopic (exact) mass is 334 g/mol. The lowest BCUT2D eigenvalue weighted by Crippen LogP contribution is -2.43. The molecule has 1 aromatic heterocycles. The Bertz CT molecular complexity index is 543. The number of aliphatic hydroxyl groups excluding tert-OH is 4. The number of hydrogen-bond acceptors (Lipinski definition) is 11. The molecule has 0 fully saturated rings. The molecule has 0 aliphatic rings. The van der Waals surface area contributed by atoms with Crippen LogP contribution in [0.2, 0.25) is 0 Å². The zero-order valence-corrected chi connectivity index (χ0v) is 12.4. The van der Waals surface area contributed by atoms with E-state index in [2.05, 4.69) is 15.3 Å². The third-order valence-electron chi connectivity index (χ3n) is 2.84. The summed E-state index contributed by atoms with van der Waals surface area (Å²) in [6.07, 6.45) is -4.74. The normalized spacial score (nSPS) is 14.7. The van der Waals surface area contributed by atoms with Crippen LogP contribution in [0.15, 0.2) is 0 Å². The van der Waals surface area contributed by atoms with Crippen molar-refractivity contribution in [2.24, 2.45) is 0 Å². The standard InChI is InChI=1S/C11H18N4O8/c1-22-10-7(15(20)21)9(13-11(14-10)23-2)12-3-5(17)8(19)6(18)4-16/h5-6,8,16-19H,3-4H2,1-2H3,(H,12,13,14). The average Bonchev–Trinajstić information content (AvgIpc) is 2.56. The van der Waals surface area contributed by atoms with E-state index in [9.17, 15) is 25.4 Å². The van der Waals surface area contributed by atoms with Gasteiger partial charge in [-0.25, -0.2) is 0 Å². The minimum Gasteiger partial charge on any atom is -0.476 e. The van der Waals surface area contributed by atoms with Gasteiger partial charge in [0.25, 0.3) is 0 Å². The molecule has 0 aliphatic carbocycles. The van der Waals surface area contributed by atoms with Crippen LogP contribution in [-0.4, -0.2) is 81.0 Å². The fourth-order valence-electron chi connectivity index (χ4n) is 1.62. The Balaban J connectivity index is 3.00. The van der Waals surface area contributed by atoms with Gasteiger partial charge in [-0.1, -0.05) is 0 Å². The summed E-state index contributed by atoms with van der Waals surface area (Å²) in [4.78, 5) is 17.7. The number of nitro groups is 1. The first-order valence-corrected chi connectivity index (χ1v) is 6.39. The number of aromatic nitrogens is 2. The smallest absolute Gasteiger partial charge is 0.372 e. The van der Waals surface area contributed by atoms with Gasteiger partial charge >= 0.3 is 17.6 Å². The predicted octanol–water partition coefficient (Wildman–Crippen LogP) is -2.11. The molecule has 0 radical (unpaired) electrons. The number of nitrogens with one attached hydrogen (secondary N) is 1. The second-order valence-electron chi connectivity index (χ2n) is 4.36. The topological polar surface area (TPSA) is 180 Å². The first-order chi connectivity index (χ1) is 10.8. The van der Waals surface area contributed by atoms with Gasteiger partial charge in [-0.05, 0) is 0 Å². The van der Waals surface area contributed by atoms with E-state index in [0.717, 1.165) is 0 Å². The van der Waals surface area contributed by atoms with Crippen molar-refractivity contribution in [2.75, 3.05) is 32.7 Å². The second-order valence-corrected chi connectivity index (χ2v) is 4.36. The van der Waals surface area contributed by atoms with E-state index >= 15 is 0 Å². The van der Waals surface area contributed by atoms with Crippen LogP contribution in [0.3, 0.4) is 0 Å². The summed E-state index contributed by atoms with van der Waals surface area (Å²) in [7, 11) is 2.43. The van der Waals surface area contributed by atoms with Crippen LogP contribution in [0.4, 0.5) is 11.5 Å². The number of hydrogen-bond donors (Lipinski definition) is 5. The maximum absolute atomic E-state index is 11.1. The Morgan fingerprint density at radius 2 is 1.87 bits per heavy atom. The van der Waals surface area contributed by atoms with Crippen LogP contribution < -0.4 is 14.8 Å². The van der Waals surface area contributed by atoms with Gasteiger partial charge in [0.1, 0.15) is 12.2 Å². The molecule has 5 N–H and O–H groups in total. The third-order valence-corrected chi connectivity index (χ3v) is 2.84. The molecular formula is C11H18N4O8. The highest BCUT2D eigenvalue weighted by Gasteiger charge is 2.29. The van der Waals surface area contributed by atoms with E-state index in [1.165, 1.54) is 14.2 Å². The highest BCUT2D eigenvalue weighted by Crippen LogP contribution is 2.33. The molecule has 0 aromatic carbocycles. The number of anilines is 1. The summed E-state index contributed by atoms with van der Waals surface area (Å²) >= 11 is 0. The molecule has 23 heavy (non-hydrogen) atoms. The summed E-state index contributed by atoms with van der Waals surface area (Å²) < 4.78 is 9.59. The zero-order chi connectivity index (χ0) is 17.6. The molecule has 1 aromatic rings. The highest BCUT2D eigenvalue weighted by molar-refractivity contribution is 5.62. The predicted molar refractivity (Wildman–Crippen MR) is 75.4 cm³/mol. The molecule has 3 unspecified atom stereocenters. The van der Waals surface area contributed by atoms with E-state index < -0.39 is 42.1 Å². The third kappa shape index (κ3) is 4.59. The quantitative estimate of drug-likeness (QED) is 0.246. The average molecular weight is 334 g/mol. The SMILES string of the molecule is COc1nc(NCC(O)C(O)C(O)CO)c([N+](=O)[O-])c(OC)n1. The fourth-order valence-corrected chi connectivity index (χ4v) is 1.62. The Hall–Kier alpha value is -2.28. The molecule has 12 nitrogen and oxygen atoms in total. The van der Waals surface area contributed by atoms with E-state index in [-0.39, 0.29) is 17.7 Å². The van der Waals surface area contributed by atoms with Crippen molar-refractivity contribution >= 4 is 11.5 Å². The summed E-state index contributed by atoms with van der Waals surface area (Å²) in [5, 5.41) is 50.7. The molecule has 0 amide bonds.